The van der Waals surface area contributed by atoms with Gasteiger partial charge in [0.1, 0.15) is 17.5 Å². The summed E-state index contributed by atoms with van der Waals surface area (Å²) in [6.45, 7) is 1.34. The molecule has 4 aliphatic rings. The molecule has 4 fully saturated rings. The molecule has 6 rings (SSSR count). The highest BCUT2D eigenvalue weighted by atomic mass is 16.3. The summed E-state index contributed by atoms with van der Waals surface area (Å²) in [5.41, 5.74) is 9.10. The molecule has 3 unspecified atom stereocenters. The van der Waals surface area contributed by atoms with Gasteiger partial charge in [-0.25, -0.2) is 4.98 Å². The molecule has 31 heavy (non-hydrogen) atoms. The summed E-state index contributed by atoms with van der Waals surface area (Å²) < 4.78 is 0. The Labute approximate surface area is 183 Å². The fraction of sp³-hybridized carbons (Fsp3) is 0.542. The van der Waals surface area contributed by atoms with Crippen molar-refractivity contribution in [1.29, 1.82) is 5.26 Å². The average Bonchev–Trinajstić information content (AvgIpc) is 2.79. The van der Waals surface area contributed by atoms with E-state index in [1.807, 2.05) is 24.3 Å². The topological polar surface area (TPSA) is 120 Å². The number of aliphatic hydroxyl groups is 1. The summed E-state index contributed by atoms with van der Waals surface area (Å²) in [7, 11) is 0. The molecular formula is C24H30N6O. The Morgan fingerprint density at radius 2 is 1.87 bits per heavy atom. The van der Waals surface area contributed by atoms with Gasteiger partial charge in [-0.15, -0.1) is 0 Å². The number of aliphatic hydroxyl groups excluding tert-OH is 1. The Balaban J connectivity index is 1.29. The van der Waals surface area contributed by atoms with Crippen LogP contribution in [0.1, 0.15) is 48.8 Å². The molecular weight excluding hydrogens is 388 g/mol. The fourth-order valence-corrected chi connectivity index (χ4v) is 6.46. The molecule has 4 bridgehead atoms. The van der Waals surface area contributed by atoms with Gasteiger partial charge in [0.05, 0.1) is 12.8 Å². The zero-order chi connectivity index (χ0) is 21.4. The molecule has 0 amide bonds. The normalized spacial score (nSPS) is 30.7. The number of nitrogens with one attached hydrogen (secondary N) is 2. The number of nitrogens with two attached hydrogens (primary N) is 1. The Hall–Kier alpha value is -2.69. The van der Waals surface area contributed by atoms with E-state index >= 15 is 0 Å². The van der Waals surface area contributed by atoms with Crippen LogP contribution in [0.4, 0.5) is 11.8 Å². The smallest absolute Gasteiger partial charge is 0.224 e. The van der Waals surface area contributed by atoms with Crippen molar-refractivity contribution in [3.63, 3.8) is 0 Å². The van der Waals surface area contributed by atoms with Crippen LogP contribution in [0.15, 0.2) is 30.5 Å². The number of aromatic nitrogens is 2. The lowest BCUT2D eigenvalue weighted by Gasteiger charge is -2.59. The van der Waals surface area contributed by atoms with Gasteiger partial charge in [0.25, 0.3) is 0 Å². The van der Waals surface area contributed by atoms with Crippen molar-refractivity contribution in [3.05, 3.63) is 47.2 Å². The first-order valence-corrected chi connectivity index (χ1v) is 11.3. The minimum absolute atomic E-state index is 0.00634. The average molecular weight is 419 g/mol. The molecule has 2 aromatic rings. The molecule has 7 heteroatoms. The predicted molar refractivity (Wildman–Crippen MR) is 119 cm³/mol. The van der Waals surface area contributed by atoms with E-state index in [0.29, 0.717) is 41.8 Å². The van der Waals surface area contributed by atoms with Gasteiger partial charge in [-0.3, -0.25) is 0 Å². The summed E-state index contributed by atoms with van der Waals surface area (Å²) in [5, 5.41) is 25.8. The monoisotopic (exact) mass is 418 g/mol. The lowest BCUT2D eigenvalue weighted by atomic mass is 9.48. The number of benzene rings is 1. The first-order valence-electron chi connectivity index (χ1n) is 11.3. The van der Waals surface area contributed by atoms with E-state index < -0.39 is 0 Å². The van der Waals surface area contributed by atoms with E-state index in [9.17, 15) is 10.4 Å². The van der Waals surface area contributed by atoms with E-state index in [0.717, 1.165) is 23.6 Å². The van der Waals surface area contributed by atoms with Crippen molar-refractivity contribution in [3.8, 4) is 6.07 Å². The molecule has 1 heterocycles. The van der Waals surface area contributed by atoms with Crippen molar-refractivity contribution in [2.24, 2.45) is 28.9 Å². The Morgan fingerprint density at radius 3 is 2.58 bits per heavy atom. The molecule has 0 radical (unpaired) electrons. The highest BCUT2D eigenvalue weighted by Gasteiger charge is 2.54. The predicted octanol–water partition coefficient (Wildman–Crippen LogP) is 3.02. The van der Waals surface area contributed by atoms with Crippen LogP contribution in [-0.2, 0) is 13.2 Å². The summed E-state index contributed by atoms with van der Waals surface area (Å²) in [6, 6.07) is 10.3. The van der Waals surface area contributed by atoms with Gasteiger partial charge >= 0.3 is 0 Å². The minimum atomic E-state index is -0.00634. The van der Waals surface area contributed by atoms with Crippen LogP contribution < -0.4 is 16.4 Å². The number of hydrogen-bond acceptors (Lipinski definition) is 7. The zero-order valence-corrected chi connectivity index (χ0v) is 17.7. The summed E-state index contributed by atoms with van der Waals surface area (Å²) >= 11 is 0. The van der Waals surface area contributed by atoms with Crippen LogP contribution in [0.5, 0.6) is 0 Å². The third kappa shape index (κ3) is 3.86. The molecule has 4 saturated carbocycles. The fourth-order valence-electron chi connectivity index (χ4n) is 6.46. The van der Waals surface area contributed by atoms with Crippen molar-refractivity contribution >= 4 is 11.8 Å². The summed E-state index contributed by atoms with van der Waals surface area (Å²) in [6.07, 6.45) is 7.79. The van der Waals surface area contributed by atoms with Crippen molar-refractivity contribution in [1.82, 2.24) is 9.97 Å². The van der Waals surface area contributed by atoms with E-state index in [-0.39, 0.29) is 12.0 Å². The minimum Gasteiger partial charge on any atom is -0.392 e. The van der Waals surface area contributed by atoms with Gasteiger partial charge in [0, 0.05) is 19.1 Å². The first-order chi connectivity index (χ1) is 15.1. The van der Waals surface area contributed by atoms with E-state index in [2.05, 4.69) is 26.7 Å². The van der Waals surface area contributed by atoms with Gasteiger partial charge in [-0.1, -0.05) is 24.3 Å². The first kappa shape index (κ1) is 20.2. The highest BCUT2D eigenvalue weighted by Crippen LogP contribution is 2.59. The lowest BCUT2D eigenvalue weighted by molar-refractivity contribution is -0.0591. The molecule has 1 aromatic carbocycles. The second-order valence-electron chi connectivity index (χ2n) is 9.75. The third-order valence-electron chi connectivity index (χ3n) is 7.74. The van der Waals surface area contributed by atoms with Gasteiger partial charge in [-0.05, 0) is 66.4 Å². The number of hydrogen-bond donors (Lipinski definition) is 4. The van der Waals surface area contributed by atoms with Crippen LogP contribution in [0.3, 0.4) is 0 Å². The van der Waals surface area contributed by atoms with Crippen molar-refractivity contribution in [2.75, 3.05) is 17.2 Å². The van der Waals surface area contributed by atoms with Gasteiger partial charge in [0.15, 0.2) is 0 Å². The summed E-state index contributed by atoms with van der Waals surface area (Å²) in [4.78, 5) is 8.90. The van der Waals surface area contributed by atoms with Crippen LogP contribution in [0, 0.1) is 34.5 Å². The Kier molecular flexibility index (Phi) is 5.28. The SMILES string of the molecule is N#Cc1cnc(NCc2ccccc2CO)nc1NCC12CC3C[C@H](C1)C(N)[C@@H](C3)C2. The number of nitrogens with zero attached hydrogens (tertiary/aromatic N) is 3. The van der Waals surface area contributed by atoms with Crippen LogP contribution in [0.25, 0.3) is 0 Å². The van der Waals surface area contributed by atoms with Gasteiger partial charge in [-0.2, -0.15) is 10.2 Å². The second-order valence-corrected chi connectivity index (χ2v) is 9.75. The van der Waals surface area contributed by atoms with Gasteiger partial charge in [0.2, 0.25) is 5.95 Å². The molecule has 4 aliphatic carbocycles. The maximum atomic E-state index is 9.55. The van der Waals surface area contributed by atoms with E-state index in [1.54, 1.807) is 6.20 Å². The largest absolute Gasteiger partial charge is 0.392 e. The standard InChI is InChI=1S/C24H30N6O/c25-10-20-12-28-23(27-11-16-3-1-2-4-17(16)13-31)30-22(20)29-14-24-7-15-5-18(8-24)21(26)19(6-15)9-24/h1-4,12,15,18-19,21,31H,5-9,11,13-14,26H2,(H2,27,28,29,30)/t15?,18-,19+,21?,24?. The Bertz CT molecular complexity index is 986. The van der Waals surface area contributed by atoms with E-state index in [4.69, 9.17) is 5.73 Å². The molecule has 0 spiro atoms. The van der Waals surface area contributed by atoms with Crippen LogP contribution in [0.2, 0.25) is 0 Å². The van der Waals surface area contributed by atoms with Gasteiger partial charge < -0.3 is 21.5 Å². The molecule has 0 aliphatic heterocycles. The maximum absolute atomic E-state index is 9.55. The van der Waals surface area contributed by atoms with Crippen LogP contribution >= 0.6 is 0 Å². The lowest BCUT2D eigenvalue weighted by Crippen LogP contribution is -2.58. The number of rotatable bonds is 7. The second kappa shape index (κ2) is 8.10. The molecule has 0 saturated heterocycles. The van der Waals surface area contributed by atoms with E-state index in [1.165, 1.54) is 32.1 Å². The molecule has 5 atom stereocenters. The van der Waals surface area contributed by atoms with Crippen molar-refractivity contribution < 1.29 is 5.11 Å². The molecule has 162 valence electrons. The number of anilines is 2. The quantitative estimate of drug-likeness (QED) is 0.545. The third-order valence-corrected chi connectivity index (χ3v) is 7.74. The summed E-state index contributed by atoms with van der Waals surface area (Å²) in [5.74, 6) is 3.18. The van der Waals surface area contributed by atoms with Crippen molar-refractivity contribution in [2.45, 2.75) is 51.3 Å². The van der Waals surface area contributed by atoms with Crippen LogP contribution in [-0.4, -0.2) is 27.7 Å². The molecule has 5 N–H and O–H groups in total. The molecule has 7 nitrogen and oxygen atoms in total. The zero-order valence-electron chi connectivity index (χ0n) is 17.7. The highest BCUT2D eigenvalue weighted by molar-refractivity contribution is 5.53. The molecule has 1 aromatic heterocycles. The maximum Gasteiger partial charge on any atom is 0.224 e. The Morgan fingerprint density at radius 1 is 1.13 bits per heavy atom. The number of nitriles is 1.